The molecule has 1 aromatic heterocycles. The molecule has 0 spiro atoms. The van der Waals surface area contributed by atoms with Crippen molar-refractivity contribution in [3.05, 3.63) is 16.4 Å². The maximum atomic E-state index is 10.2. The second kappa shape index (κ2) is 4.40. The fraction of sp³-hybridized carbons (Fsp3) is 0.500. The molecule has 0 amide bonds. The van der Waals surface area contributed by atoms with Crippen molar-refractivity contribution in [2.45, 2.75) is 26.3 Å². The number of aldehydes is 1. The van der Waals surface area contributed by atoms with E-state index >= 15 is 0 Å². The third kappa shape index (κ3) is 1.94. The molecule has 0 atom stereocenters. The Hall–Kier alpha value is -0.640. The smallest absolute Gasteiger partial charge is 0.120 e. The van der Waals surface area contributed by atoms with Gasteiger partial charge in [0.05, 0.1) is 16.4 Å². The summed E-state index contributed by atoms with van der Waals surface area (Å²) in [5.74, 6) is 0. The van der Waals surface area contributed by atoms with Crippen molar-refractivity contribution in [2.75, 3.05) is 0 Å². The number of nitrogens with zero attached hydrogens (tertiary/aromatic N) is 2. The summed E-state index contributed by atoms with van der Waals surface area (Å²) in [4.78, 5) is 10.2. The van der Waals surface area contributed by atoms with Crippen molar-refractivity contribution >= 4 is 22.2 Å². The summed E-state index contributed by atoms with van der Waals surface area (Å²) in [7, 11) is 0. The third-order valence-corrected chi connectivity index (χ3v) is 2.36. The van der Waals surface area contributed by atoms with Crippen LogP contribution in [-0.4, -0.2) is 16.1 Å². The third-order valence-electron chi connectivity index (χ3n) is 1.70. The Morgan fingerprint density at radius 1 is 1.75 bits per heavy atom. The van der Waals surface area contributed by atoms with Crippen LogP contribution in [0, 0.1) is 0 Å². The molecule has 0 radical (unpaired) electrons. The predicted molar refractivity (Wildman–Crippen MR) is 50.0 cm³/mol. The standard InChI is InChI=1S/C8H11BrN2O/c1-2-11-8(4-3-5-12)7(9)6-10-11/h5-6H,2-4H2,1H3. The van der Waals surface area contributed by atoms with Gasteiger partial charge < -0.3 is 4.79 Å². The van der Waals surface area contributed by atoms with Crippen molar-refractivity contribution in [3.8, 4) is 0 Å². The zero-order valence-electron chi connectivity index (χ0n) is 6.96. The van der Waals surface area contributed by atoms with Gasteiger partial charge in [-0.15, -0.1) is 0 Å². The highest BCUT2D eigenvalue weighted by molar-refractivity contribution is 9.10. The maximum absolute atomic E-state index is 10.2. The van der Waals surface area contributed by atoms with Gasteiger partial charge in [-0.3, -0.25) is 4.68 Å². The summed E-state index contributed by atoms with van der Waals surface area (Å²) >= 11 is 3.39. The molecule has 0 unspecified atom stereocenters. The zero-order valence-corrected chi connectivity index (χ0v) is 8.54. The molecule has 1 rings (SSSR count). The van der Waals surface area contributed by atoms with Crippen LogP contribution < -0.4 is 0 Å². The van der Waals surface area contributed by atoms with Gasteiger partial charge in [-0.05, 0) is 29.3 Å². The summed E-state index contributed by atoms with van der Waals surface area (Å²) < 4.78 is 2.89. The van der Waals surface area contributed by atoms with Gasteiger partial charge in [-0.2, -0.15) is 5.10 Å². The molecule has 0 bridgehead atoms. The van der Waals surface area contributed by atoms with E-state index in [2.05, 4.69) is 21.0 Å². The van der Waals surface area contributed by atoms with Crippen LogP contribution in [0.25, 0.3) is 0 Å². The second-order valence-corrected chi connectivity index (χ2v) is 3.31. The highest BCUT2D eigenvalue weighted by atomic mass is 79.9. The normalized spacial score (nSPS) is 10.2. The van der Waals surface area contributed by atoms with Crippen molar-refractivity contribution in [3.63, 3.8) is 0 Å². The summed E-state index contributed by atoms with van der Waals surface area (Å²) in [6, 6.07) is 0. The molecule has 12 heavy (non-hydrogen) atoms. The van der Waals surface area contributed by atoms with Crippen LogP contribution in [0.4, 0.5) is 0 Å². The molecule has 66 valence electrons. The molecule has 0 aromatic carbocycles. The first kappa shape index (κ1) is 9.45. The van der Waals surface area contributed by atoms with Gasteiger partial charge in [0, 0.05) is 13.0 Å². The average Bonchev–Trinajstić information content (AvgIpc) is 2.43. The second-order valence-electron chi connectivity index (χ2n) is 2.46. The number of hydrogen-bond donors (Lipinski definition) is 0. The summed E-state index contributed by atoms with van der Waals surface area (Å²) in [5.41, 5.74) is 1.10. The van der Waals surface area contributed by atoms with Crippen LogP contribution in [0.5, 0.6) is 0 Å². The van der Waals surface area contributed by atoms with E-state index < -0.39 is 0 Å². The van der Waals surface area contributed by atoms with E-state index in [0.29, 0.717) is 6.42 Å². The Labute approximate surface area is 79.9 Å². The summed E-state index contributed by atoms with van der Waals surface area (Å²) in [6.45, 7) is 2.88. The lowest BCUT2D eigenvalue weighted by Crippen LogP contribution is -2.03. The van der Waals surface area contributed by atoms with Gasteiger partial charge in [0.15, 0.2) is 0 Å². The molecule has 3 nitrogen and oxygen atoms in total. The van der Waals surface area contributed by atoms with E-state index in [-0.39, 0.29) is 0 Å². The predicted octanol–water partition coefficient (Wildman–Crippen LogP) is 1.80. The lowest BCUT2D eigenvalue weighted by molar-refractivity contribution is -0.107. The van der Waals surface area contributed by atoms with Gasteiger partial charge in [0.1, 0.15) is 6.29 Å². The molecule has 0 aliphatic carbocycles. The number of aryl methyl sites for hydroxylation is 1. The van der Waals surface area contributed by atoms with Gasteiger partial charge in [0.25, 0.3) is 0 Å². The van der Waals surface area contributed by atoms with Crippen molar-refractivity contribution in [1.29, 1.82) is 0 Å². The number of carbonyl (C=O) groups excluding carboxylic acids is 1. The van der Waals surface area contributed by atoms with Crippen LogP contribution in [0.15, 0.2) is 10.7 Å². The molecule has 0 saturated carbocycles. The molecule has 0 saturated heterocycles. The van der Waals surface area contributed by atoms with Gasteiger partial charge in [-0.1, -0.05) is 0 Å². The van der Waals surface area contributed by atoms with Gasteiger partial charge in [-0.25, -0.2) is 0 Å². The van der Waals surface area contributed by atoms with Gasteiger partial charge in [0.2, 0.25) is 0 Å². The van der Waals surface area contributed by atoms with Crippen LogP contribution in [0.3, 0.4) is 0 Å². The molecule has 4 heteroatoms. The number of halogens is 1. The SMILES string of the molecule is CCn1ncc(Br)c1CCC=O. The molecule has 1 heterocycles. The number of carbonyl (C=O) groups is 1. The maximum Gasteiger partial charge on any atom is 0.120 e. The lowest BCUT2D eigenvalue weighted by atomic mass is 10.2. The first-order valence-electron chi connectivity index (χ1n) is 3.93. The molecular weight excluding hydrogens is 220 g/mol. The van der Waals surface area contributed by atoms with Gasteiger partial charge >= 0.3 is 0 Å². The Kier molecular flexibility index (Phi) is 3.47. The first-order chi connectivity index (χ1) is 5.79. The van der Waals surface area contributed by atoms with Crippen LogP contribution in [-0.2, 0) is 17.8 Å². The first-order valence-corrected chi connectivity index (χ1v) is 4.72. The van der Waals surface area contributed by atoms with Crippen molar-refractivity contribution in [1.82, 2.24) is 9.78 Å². The Bertz CT molecular complexity index is 270. The molecule has 0 fully saturated rings. The Morgan fingerprint density at radius 2 is 2.50 bits per heavy atom. The summed E-state index contributed by atoms with van der Waals surface area (Å²) in [6.07, 6.45) is 4.02. The molecule has 1 aromatic rings. The van der Waals surface area contributed by atoms with E-state index in [1.165, 1.54) is 0 Å². The molecule has 0 N–H and O–H groups in total. The van der Waals surface area contributed by atoms with E-state index in [1.807, 2.05) is 11.6 Å². The minimum Gasteiger partial charge on any atom is -0.303 e. The number of aromatic nitrogens is 2. The molecule has 0 aliphatic rings. The van der Waals surface area contributed by atoms with Crippen LogP contribution >= 0.6 is 15.9 Å². The van der Waals surface area contributed by atoms with Crippen molar-refractivity contribution < 1.29 is 4.79 Å². The monoisotopic (exact) mass is 230 g/mol. The molecular formula is C8H11BrN2O. The van der Waals surface area contributed by atoms with Crippen molar-refractivity contribution in [2.24, 2.45) is 0 Å². The fourth-order valence-electron chi connectivity index (χ4n) is 1.10. The topological polar surface area (TPSA) is 34.9 Å². The largest absolute Gasteiger partial charge is 0.303 e. The molecule has 0 aliphatic heterocycles. The summed E-state index contributed by atoms with van der Waals surface area (Å²) in [5, 5.41) is 4.14. The van der Waals surface area contributed by atoms with E-state index in [4.69, 9.17) is 0 Å². The lowest BCUT2D eigenvalue weighted by Gasteiger charge is -2.02. The average molecular weight is 231 g/mol. The van der Waals surface area contributed by atoms with E-state index in [0.717, 1.165) is 29.4 Å². The minimum absolute atomic E-state index is 0.560. The van der Waals surface area contributed by atoms with Crippen LogP contribution in [0.2, 0.25) is 0 Å². The minimum atomic E-state index is 0.560. The Balaban J connectivity index is 2.78. The Morgan fingerprint density at radius 3 is 3.08 bits per heavy atom. The fourth-order valence-corrected chi connectivity index (χ4v) is 1.60. The van der Waals surface area contributed by atoms with E-state index in [1.54, 1.807) is 6.20 Å². The van der Waals surface area contributed by atoms with Crippen LogP contribution in [0.1, 0.15) is 19.0 Å². The van der Waals surface area contributed by atoms with E-state index in [9.17, 15) is 4.79 Å². The number of hydrogen-bond acceptors (Lipinski definition) is 2. The quantitative estimate of drug-likeness (QED) is 0.740. The highest BCUT2D eigenvalue weighted by Crippen LogP contribution is 2.16. The highest BCUT2D eigenvalue weighted by Gasteiger charge is 2.05. The number of rotatable bonds is 4. The zero-order chi connectivity index (χ0) is 8.97.